The van der Waals surface area contributed by atoms with Crippen molar-refractivity contribution in [2.45, 2.75) is 6.92 Å². The molecule has 148 valence electrons. The first-order valence-corrected chi connectivity index (χ1v) is 10.2. The Morgan fingerprint density at radius 1 is 0.387 bits per heavy atom. The molecule has 5 aromatic rings. The number of hydrogen-bond donors (Lipinski definition) is 0. The lowest BCUT2D eigenvalue weighted by Crippen LogP contribution is -1.78. The summed E-state index contributed by atoms with van der Waals surface area (Å²) in [6.45, 7) is 2.11. The number of nitrogens with zero attached hydrogens (tertiary/aromatic N) is 4. The van der Waals surface area contributed by atoms with Crippen molar-refractivity contribution >= 4 is 44.3 Å². The Hall–Kier alpha value is -4.18. The highest BCUT2D eigenvalue weighted by Gasteiger charge is 2.06. The summed E-state index contributed by atoms with van der Waals surface area (Å²) < 4.78 is 0. The molecular weight excluding hydrogens is 380 g/mol. The quantitative estimate of drug-likeness (QED) is 0.270. The van der Waals surface area contributed by atoms with Crippen LogP contribution in [0.1, 0.15) is 5.56 Å². The molecule has 0 aliphatic carbocycles. The fourth-order valence-corrected chi connectivity index (χ4v) is 3.68. The Labute approximate surface area is 180 Å². The van der Waals surface area contributed by atoms with Gasteiger partial charge in [0.05, 0.1) is 22.7 Å². The van der Waals surface area contributed by atoms with Crippen LogP contribution in [0.3, 0.4) is 0 Å². The summed E-state index contributed by atoms with van der Waals surface area (Å²) in [6, 6.07) is 34.1. The maximum Gasteiger partial charge on any atom is 0.0936 e. The highest BCUT2D eigenvalue weighted by atomic mass is 15.1. The monoisotopic (exact) mass is 400 g/mol. The van der Waals surface area contributed by atoms with Gasteiger partial charge in [0.1, 0.15) is 0 Å². The zero-order valence-corrected chi connectivity index (χ0v) is 17.1. The van der Waals surface area contributed by atoms with Crippen molar-refractivity contribution in [2.75, 3.05) is 0 Å². The van der Waals surface area contributed by atoms with E-state index >= 15 is 0 Å². The van der Waals surface area contributed by atoms with Gasteiger partial charge in [0.15, 0.2) is 0 Å². The number of azo groups is 2. The maximum absolute atomic E-state index is 4.60. The van der Waals surface area contributed by atoms with E-state index in [4.69, 9.17) is 0 Å². The molecule has 31 heavy (non-hydrogen) atoms. The first-order valence-electron chi connectivity index (χ1n) is 10.2. The molecule has 5 aromatic carbocycles. The van der Waals surface area contributed by atoms with Crippen LogP contribution >= 0.6 is 0 Å². The summed E-state index contributed by atoms with van der Waals surface area (Å²) in [4.78, 5) is 0. The minimum atomic E-state index is 0.805. The van der Waals surface area contributed by atoms with E-state index < -0.39 is 0 Å². The van der Waals surface area contributed by atoms with Gasteiger partial charge in [0, 0.05) is 16.2 Å². The molecule has 0 radical (unpaired) electrons. The zero-order valence-electron chi connectivity index (χ0n) is 17.1. The van der Waals surface area contributed by atoms with Crippen LogP contribution in [0.5, 0.6) is 0 Å². The van der Waals surface area contributed by atoms with Crippen molar-refractivity contribution in [1.82, 2.24) is 0 Å². The minimum Gasteiger partial charge on any atom is -0.151 e. The van der Waals surface area contributed by atoms with Gasteiger partial charge in [-0.05, 0) is 48.2 Å². The third-order valence-electron chi connectivity index (χ3n) is 5.29. The molecule has 0 amide bonds. The molecule has 0 unspecified atom stereocenters. The summed E-state index contributed by atoms with van der Waals surface area (Å²) in [5.74, 6) is 0. The lowest BCUT2D eigenvalue weighted by molar-refractivity contribution is 1.23. The SMILES string of the molecule is Cc1ccc(N=Nc2ccc(N=Nc3ccccc3)c3ccccc23)c2ccccc12. The summed E-state index contributed by atoms with van der Waals surface area (Å²) in [6.07, 6.45) is 0. The number of aryl methyl sites for hydroxylation is 1. The van der Waals surface area contributed by atoms with E-state index in [9.17, 15) is 0 Å². The lowest BCUT2D eigenvalue weighted by Gasteiger charge is -2.06. The Morgan fingerprint density at radius 2 is 0.806 bits per heavy atom. The van der Waals surface area contributed by atoms with E-state index in [0.717, 1.165) is 38.9 Å². The van der Waals surface area contributed by atoms with Crippen molar-refractivity contribution < 1.29 is 0 Å². The highest BCUT2D eigenvalue weighted by Crippen LogP contribution is 2.36. The Kier molecular flexibility index (Phi) is 5.03. The van der Waals surface area contributed by atoms with Crippen LogP contribution in [0.4, 0.5) is 22.7 Å². The molecule has 4 heteroatoms. The van der Waals surface area contributed by atoms with E-state index in [1.54, 1.807) is 0 Å². The molecule has 4 nitrogen and oxygen atoms in total. The molecule has 0 atom stereocenters. The molecular formula is C27H20N4. The van der Waals surface area contributed by atoms with Crippen LogP contribution < -0.4 is 0 Å². The standard InChI is InChI=1S/C27H20N4/c1-19-15-16-25(22-12-6-5-11-21(19)22)30-31-27-18-17-26(23-13-7-8-14-24(23)27)29-28-20-9-3-2-4-10-20/h2-18H,1H3. The molecule has 0 aliphatic heterocycles. The molecule has 0 spiro atoms. The van der Waals surface area contributed by atoms with Crippen LogP contribution in [0.2, 0.25) is 0 Å². The molecule has 0 fully saturated rings. The molecule has 0 heterocycles. The smallest absolute Gasteiger partial charge is 0.0936 e. The predicted octanol–water partition coefficient (Wildman–Crippen LogP) is 9.13. The topological polar surface area (TPSA) is 49.4 Å². The van der Waals surface area contributed by atoms with E-state index in [0.29, 0.717) is 0 Å². The normalized spacial score (nSPS) is 11.8. The van der Waals surface area contributed by atoms with Gasteiger partial charge >= 0.3 is 0 Å². The summed E-state index contributed by atoms with van der Waals surface area (Å²) in [5.41, 5.74) is 4.52. The van der Waals surface area contributed by atoms with E-state index in [2.05, 4.69) is 45.6 Å². The van der Waals surface area contributed by atoms with Gasteiger partial charge in [-0.25, -0.2) is 0 Å². The molecule has 5 rings (SSSR count). The highest BCUT2D eigenvalue weighted by molar-refractivity contribution is 6.00. The second-order valence-electron chi connectivity index (χ2n) is 7.33. The Balaban J connectivity index is 1.55. The largest absolute Gasteiger partial charge is 0.151 e. The minimum absolute atomic E-state index is 0.805. The van der Waals surface area contributed by atoms with Crippen molar-refractivity contribution in [3.63, 3.8) is 0 Å². The van der Waals surface area contributed by atoms with Crippen molar-refractivity contribution in [2.24, 2.45) is 20.5 Å². The summed E-state index contributed by atoms with van der Waals surface area (Å²) >= 11 is 0. The molecule has 0 N–H and O–H groups in total. The van der Waals surface area contributed by atoms with Crippen molar-refractivity contribution in [3.8, 4) is 0 Å². The first kappa shape index (κ1) is 18.8. The average molecular weight is 400 g/mol. The average Bonchev–Trinajstić information content (AvgIpc) is 2.83. The van der Waals surface area contributed by atoms with Gasteiger partial charge in [-0.2, -0.15) is 5.11 Å². The Bertz CT molecular complexity index is 1440. The Morgan fingerprint density at radius 3 is 1.39 bits per heavy atom. The second-order valence-corrected chi connectivity index (χ2v) is 7.33. The van der Waals surface area contributed by atoms with Gasteiger partial charge in [0.25, 0.3) is 0 Å². The van der Waals surface area contributed by atoms with Gasteiger partial charge in [-0.1, -0.05) is 72.8 Å². The second kappa shape index (κ2) is 8.28. The number of rotatable bonds is 4. The van der Waals surface area contributed by atoms with E-state index in [1.807, 2.05) is 84.9 Å². The van der Waals surface area contributed by atoms with Gasteiger partial charge < -0.3 is 0 Å². The van der Waals surface area contributed by atoms with Gasteiger partial charge in [-0.15, -0.1) is 15.3 Å². The van der Waals surface area contributed by atoms with Gasteiger partial charge in [-0.3, -0.25) is 0 Å². The lowest BCUT2D eigenvalue weighted by atomic mass is 10.0. The molecule has 0 aromatic heterocycles. The van der Waals surface area contributed by atoms with Crippen molar-refractivity contribution in [1.29, 1.82) is 0 Å². The van der Waals surface area contributed by atoms with Crippen LogP contribution in [-0.4, -0.2) is 0 Å². The third-order valence-corrected chi connectivity index (χ3v) is 5.29. The van der Waals surface area contributed by atoms with Crippen molar-refractivity contribution in [3.05, 3.63) is 109 Å². The molecule has 0 aliphatic rings. The summed E-state index contributed by atoms with van der Waals surface area (Å²) in [7, 11) is 0. The summed E-state index contributed by atoms with van der Waals surface area (Å²) in [5, 5.41) is 22.3. The molecule has 0 saturated carbocycles. The molecule has 0 saturated heterocycles. The van der Waals surface area contributed by atoms with Crippen LogP contribution in [0, 0.1) is 6.92 Å². The maximum atomic E-state index is 4.60. The number of fused-ring (bicyclic) bond motifs is 2. The van der Waals surface area contributed by atoms with Crippen LogP contribution in [-0.2, 0) is 0 Å². The van der Waals surface area contributed by atoms with Gasteiger partial charge in [0.2, 0.25) is 0 Å². The third kappa shape index (κ3) is 3.83. The predicted molar refractivity (Wildman–Crippen MR) is 127 cm³/mol. The number of benzene rings is 5. The fourth-order valence-electron chi connectivity index (χ4n) is 3.68. The van der Waals surface area contributed by atoms with Crippen LogP contribution in [0.25, 0.3) is 21.5 Å². The zero-order chi connectivity index (χ0) is 21.0. The fraction of sp³-hybridized carbons (Fsp3) is 0.0370. The van der Waals surface area contributed by atoms with E-state index in [-0.39, 0.29) is 0 Å². The van der Waals surface area contributed by atoms with Crippen LogP contribution in [0.15, 0.2) is 124 Å². The molecule has 0 bridgehead atoms. The number of hydrogen-bond acceptors (Lipinski definition) is 4. The van der Waals surface area contributed by atoms with E-state index in [1.165, 1.54) is 10.9 Å². The first-order chi connectivity index (χ1) is 15.3.